The van der Waals surface area contributed by atoms with Gasteiger partial charge in [0.2, 0.25) is 0 Å². The Hall–Kier alpha value is -2.58. The van der Waals surface area contributed by atoms with Gasteiger partial charge in [-0.3, -0.25) is 14.7 Å². The van der Waals surface area contributed by atoms with Gasteiger partial charge < -0.3 is 14.8 Å². The molecule has 0 radical (unpaired) electrons. The number of hydrogen-bond donors (Lipinski definition) is 3. The van der Waals surface area contributed by atoms with E-state index in [1.54, 1.807) is 12.4 Å². The van der Waals surface area contributed by atoms with Crippen molar-refractivity contribution in [2.24, 2.45) is 0 Å². The van der Waals surface area contributed by atoms with Gasteiger partial charge >= 0.3 is 0 Å². The van der Waals surface area contributed by atoms with Gasteiger partial charge in [0.05, 0.1) is 25.5 Å². The van der Waals surface area contributed by atoms with E-state index in [9.17, 15) is 18.3 Å². The van der Waals surface area contributed by atoms with Crippen LogP contribution in [0.15, 0.2) is 42.7 Å². The number of ether oxygens (including phenoxy) is 1. The van der Waals surface area contributed by atoms with E-state index >= 15 is 0 Å². The highest BCUT2D eigenvalue weighted by Crippen LogP contribution is 2.38. The van der Waals surface area contributed by atoms with E-state index in [2.05, 4.69) is 15.3 Å². The van der Waals surface area contributed by atoms with Crippen LogP contribution in [0.1, 0.15) is 24.6 Å². The minimum absolute atomic E-state index is 0.123. The molecule has 2 unspecified atom stereocenters. The molecule has 2 atom stereocenters. The molecule has 0 amide bonds. The fourth-order valence-electron chi connectivity index (χ4n) is 3.56. The van der Waals surface area contributed by atoms with E-state index in [4.69, 9.17) is 4.74 Å². The van der Waals surface area contributed by atoms with E-state index in [0.29, 0.717) is 5.69 Å². The van der Waals surface area contributed by atoms with E-state index < -0.39 is 30.3 Å². The maximum atomic E-state index is 14.1. The Kier molecular flexibility index (Phi) is 6.14. The maximum Gasteiger partial charge on any atom is 0.145 e. The fraction of sp³-hybridized carbons (Fsp3) is 0.381. The van der Waals surface area contributed by atoms with Crippen molar-refractivity contribution < 1.29 is 23.0 Å². The van der Waals surface area contributed by atoms with Crippen molar-refractivity contribution in [2.45, 2.75) is 31.0 Å². The Balaban J connectivity index is 1.82. The normalized spacial score (nSPS) is 15.8. The SMILES string of the molecule is COc1ccc(F)cc1C(C)(CF)CC(O)(CF)NCc1cc2ccncc2[nH]1. The molecule has 3 N–H and O–H groups in total. The van der Waals surface area contributed by atoms with Crippen LogP contribution in [0, 0.1) is 5.82 Å². The van der Waals surface area contributed by atoms with Crippen molar-refractivity contribution in [2.75, 3.05) is 20.5 Å². The van der Waals surface area contributed by atoms with Crippen LogP contribution in [0.3, 0.4) is 0 Å². The van der Waals surface area contributed by atoms with Crippen molar-refractivity contribution in [1.29, 1.82) is 0 Å². The van der Waals surface area contributed by atoms with Gasteiger partial charge in [-0.15, -0.1) is 0 Å². The number of aromatic amines is 1. The van der Waals surface area contributed by atoms with Crippen LogP contribution in [0.2, 0.25) is 0 Å². The van der Waals surface area contributed by atoms with Crippen molar-refractivity contribution >= 4 is 10.9 Å². The van der Waals surface area contributed by atoms with Gasteiger partial charge in [0.15, 0.2) is 0 Å². The van der Waals surface area contributed by atoms with E-state index in [0.717, 1.165) is 17.0 Å². The second-order valence-corrected chi connectivity index (χ2v) is 7.49. The molecule has 0 saturated heterocycles. The molecular formula is C21H24F3N3O2. The monoisotopic (exact) mass is 407 g/mol. The second-order valence-electron chi connectivity index (χ2n) is 7.49. The molecule has 5 nitrogen and oxygen atoms in total. The van der Waals surface area contributed by atoms with Crippen LogP contribution in [-0.4, -0.2) is 41.3 Å². The lowest BCUT2D eigenvalue weighted by molar-refractivity contribution is -0.0458. The van der Waals surface area contributed by atoms with Crippen LogP contribution in [0.25, 0.3) is 10.9 Å². The second kappa shape index (κ2) is 8.42. The summed E-state index contributed by atoms with van der Waals surface area (Å²) in [5.41, 5.74) is -1.64. The number of alkyl halides is 2. The largest absolute Gasteiger partial charge is 0.496 e. The molecule has 156 valence electrons. The van der Waals surface area contributed by atoms with Crippen LogP contribution >= 0.6 is 0 Å². The molecular weight excluding hydrogens is 383 g/mol. The number of pyridine rings is 1. The molecule has 0 fully saturated rings. The number of benzene rings is 1. The smallest absolute Gasteiger partial charge is 0.145 e. The Bertz CT molecular complexity index is 948. The van der Waals surface area contributed by atoms with E-state index in [1.807, 2.05) is 12.1 Å². The summed E-state index contributed by atoms with van der Waals surface area (Å²) in [5, 5.41) is 14.5. The zero-order valence-corrected chi connectivity index (χ0v) is 16.3. The fourth-order valence-corrected chi connectivity index (χ4v) is 3.56. The summed E-state index contributed by atoms with van der Waals surface area (Å²) in [5.74, 6) is -0.292. The van der Waals surface area contributed by atoms with Crippen molar-refractivity contribution in [1.82, 2.24) is 15.3 Å². The van der Waals surface area contributed by atoms with E-state index in [1.165, 1.54) is 26.2 Å². The lowest BCUT2D eigenvalue weighted by Crippen LogP contribution is -2.51. The van der Waals surface area contributed by atoms with Crippen molar-refractivity contribution in [3.63, 3.8) is 0 Å². The number of aromatic nitrogens is 2. The first kappa shape index (κ1) is 21.1. The summed E-state index contributed by atoms with van der Waals surface area (Å²) in [6.07, 6.45) is 3.00. The number of halogens is 3. The number of aliphatic hydroxyl groups is 1. The molecule has 2 heterocycles. The topological polar surface area (TPSA) is 70.2 Å². The predicted octanol–water partition coefficient (Wildman–Crippen LogP) is 3.78. The lowest BCUT2D eigenvalue weighted by atomic mass is 9.76. The summed E-state index contributed by atoms with van der Waals surface area (Å²) in [4.78, 5) is 7.15. The molecule has 3 rings (SSSR count). The van der Waals surface area contributed by atoms with Gasteiger partial charge in [0.1, 0.15) is 24.0 Å². The van der Waals surface area contributed by atoms with Gasteiger partial charge in [-0.2, -0.15) is 0 Å². The Morgan fingerprint density at radius 1 is 1.21 bits per heavy atom. The number of nitrogens with one attached hydrogen (secondary N) is 2. The standard InChI is InChI=1S/C21H24F3N3O2/c1-20(12-22,17-8-15(24)3-4-19(17)29-2)11-21(28,13-23)26-9-16-7-14-5-6-25-10-18(14)27-16/h3-8,10,26-28H,9,11-13H2,1-2H3. The van der Waals surface area contributed by atoms with Crippen molar-refractivity contribution in [3.8, 4) is 5.75 Å². The highest BCUT2D eigenvalue weighted by Gasteiger charge is 2.40. The minimum Gasteiger partial charge on any atom is -0.496 e. The molecule has 3 aromatic rings. The molecule has 29 heavy (non-hydrogen) atoms. The third-order valence-electron chi connectivity index (χ3n) is 5.10. The molecule has 2 aromatic heterocycles. The Labute approximate surface area is 166 Å². The minimum atomic E-state index is -2.02. The Morgan fingerprint density at radius 2 is 2.00 bits per heavy atom. The molecule has 0 bridgehead atoms. The molecule has 0 aliphatic carbocycles. The number of methoxy groups -OCH3 is 1. The zero-order chi connectivity index (χ0) is 21.1. The van der Waals surface area contributed by atoms with Gasteiger partial charge in [0, 0.05) is 41.2 Å². The first-order valence-electron chi connectivity index (χ1n) is 9.17. The summed E-state index contributed by atoms with van der Waals surface area (Å²) >= 11 is 0. The first-order chi connectivity index (χ1) is 13.8. The van der Waals surface area contributed by atoms with Crippen LogP contribution in [0.4, 0.5) is 13.2 Å². The first-order valence-corrected chi connectivity index (χ1v) is 9.17. The Morgan fingerprint density at radius 3 is 2.66 bits per heavy atom. The average molecular weight is 407 g/mol. The number of H-pyrrole nitrogens is 1. The molecule has 0 aliphatic rings. The summed E-state index contributed by atoms with van der Waals surface area (Å²) in [6, 6.07) is 7.42. The average Bonchev–Trinajstić information content (AvgIpc) is 3.15. The lowest BCUT2D eigenvalue weighted by Gasteiger charge is -2.37. The van der Waals surface area contributed by atoms with Gasteiger partial charge in [-0.05, 0) is 30.3 Å². The summed E-state index contributed by atoms with van der Waals surface area (Å²) in [6.45, 7) is -0.462. The number of rotatable bonds is 9. The van der Waals surface area contributed by atoms with Gasteiger partial charge in [-0.25, -0.2) is 8.78 Å². The third kappa shape index (κ3) is 4.54. The number of nitrogens with zero attached hydrogens (tertiary/aromatic N) is 1. The molecule has 0 spiro atoms. The number of hydrogen-bond acceptors (Lipinski definition) is 4. The molecule has 1 aromatic carbocycles. The maximum absolute atomic E-state index is 14.1. The quantitative estimate of drug-likeness (QED) is 0.472. The predicted molar refractivity (Wildman–Crippen MR) is 105 cm³/mol. The van der Waals surface area contributed by atoms with Crippen LogP contribution in [-0.2, 0) is 12.0 Å². The number of fused-ring (bicyclic) bond motifs is 1. The molecule has 8 heteroatoms. The van der Waals surface area contributed by atoms with Crippen molar-refractivity contribution in [3.05, 3.63) is 59.8 Å². The zero-order valence-electron chi connectivity index (χ0n) is 16.3. The molecule has 0 aliphatic heterocycles. The highest BCUT2D eigenvalue weighted by molar-refractivity contribution is 5.79. The highest BCUT2D eigenvalue weighted by atomic mass is 19.1. The van der Waals surface area contributed by atoms with E-state index in [-0.39, 0.29) is 24.3 Å². The van der Waals surface area contributed by atoms with Gasteiger partial charge in [-0.1, -0.05) is 6.92 Å². The van der Waals surface area contributed by atoms with Crippen LogP contribution < -0.4 is 10.1 Å². The third-order valence-corrected chi connectivity index (χ3v) is 5.10. The summed E-state index contributed by atoms with van der Waals surface area (Å²) < 4.78 is 46.9. The van der Waals surface area contributed by atoms with Crippen LogP contribution in [0.5, 0.6) is 5.75 Å². The summed E-state index contributed by atoms with van der Waals surface area (Å²) in [7, 11) is 1.39. The van der Waals surface area contributed by atoms with Gasteiger partial charge in [0.25, 0.3) is 0 Å². The molecule has 0 saturated carbocycles.